The maximum Gasteiger partial charge on any atom is 0.319 e. The highest BCUT2D eigenvalue weighted by Gasteiger charge is 2.49. The van der Waals surface area contributed by atoms with Gasteiger partial charge in [0.15, 0.2) is 0 Å². The van der Waals surface area contributed by atoms with Gasteiger partial charge in [0.1, 0.15) is 5.41 Å². The van der Waals surface area contributed by atoms with Gasteiger partial charge in [0.25, 0.3) is 0 Å². The Morgan fingerprint density at radius 3 is 2.09 bits per heavy atom. The van der Waals surface area contributed by atoms with Crippen molar-refractivity contribution in [3.05, 3.63) is 30.3 Å². The molecular formula is C18H24N2O3. The minimum absolute atomic E-state index is 0.169. The van der Waals surface area contributed by atoms with Crippen LogP contribution in [0.1, 0.15) is 32.1 Å². The zero-order valence-corrected chi connectivity index (χ0v) is 13.4. The average Bonchev–Trinajstić information content (AvgIpc) is 2.62. The summed E-state index contributed by atoms with van der Waals surface area (Å²) in [6, 6.07) is 10.1. The summed E-state index contributed by atoms with van der Waals surface area (Å²) in [5.74, 6) is -1.11. The third-order valence-corrected chi connectivity index (χ3v) is 5.21. The molecule has 5 heteroatoms. The Labute approximate surface area is 136 Å². The zero-order valence-electron chi connectivity index (χ0n) is 13.4. The van der Waals surface area contributed by atoms with Crippen LogP contribution in [0, 0.1) is 5.41 Å². The molecule has 0 spiro atoms. The van der Waals surface area contributed by atoms with Gasteiger partial charge in [0.05, 0.1) is 0 Å². The van der Waals surface area contributed by atoms with Gasteiger partial charge in [0.2, 0.25) is 5.91 Å². The van der Waals surface area contributed by atoms with Crippen LogP contribution in [0.4, 0.5) is 5.69 Å². The highest BCUT2D eigenvalue weighted by molar-refractivity contribution is 6.02. The maximum absolute atomic E-state index is 12.9. The van der Waals surface area contributed by atoms with Crippen LogP contribution in [0.2, 0.25) is 0 Å². The largest absolute Gasteiger partial charge is 0.480 e. The van der Waals surface area contributed by atoms with Gasteiger partial charge in [-0.2, -0.15) is 0 Å². The van der Waals surface area contributed by atoms with Crippen LogP contribution in [0.15, 0.2) is 30.3 Å². The van der Waals surface area contributed by atoms with Gasteiger partial charge in [-0.05, 0) is 25.0 Å². The van der Waals surface area contributed by atoms with E-state index < -0.39 is 11.4 Å². The Kier molecular flexibility index (Phi) is 4.55. The fourth-order valence-electron chi connectivity index (χ4n) is 3.78. The monoisotopic (exact) mass is 316 g/mol. The van der Waals surface area contributed by atoms with Gasteiger partial charge in [-0.3, -0.25) is 9.59 Å². The van der Waals surface area contributed by atoms with Crippen molar-refractivity contribution in [2.24, 2.45) is 5.41 Å². The summed E-state index contributed by atoms with van der Waals surface area (Å²) in [4.78, 5) is 28.7. The van der Waals surface area contributed by atoms with Crippen molar-refractivity contribution in [3.63, 3.8) is 0 Å². The Hall–Kier alpha value is -2.04. The first-order valence-electron chi connectivity index (χ1n) is 8.46. The van der Waals surface area contributed by atoms with Crippen LogP contribution in [0.25, 0.3) is 0 Å². The van der Waals surface area contributed by atoms with Crippen LogP contribution in [-0.4, -0.2) is 48.1 Å². The van der Waals surface area contributed by atoms with E-state index in [1.807, 2.05) is 18.2 Å². The number of amides is 1. The second-order valence-electron chi connectivity index (χ2n) is 6.56. The number of carbonyl (C=O) groups excluding carboxylic acids is 1. The van der Waals surface area contributed by atoms with Crippen LogP contribution in [0.3, 0.4) is 0 Å². The topological polar surface area (TPSA) is 60.9 Å². The van der Waals surface area contributed by atoms with Crippen molar-refractivity contribution in [2.45, 2.75) is 32.1 Å². The third-order valence-electron chi connectivity index (χ3n) is 5.21. The molecule has 1 N–H and O–H groups in total. The number of anilines is 1. The van der Waals surface area contributed by atoms with E-state index in [4.69, 9.17) is 0 Å². The van der Waals surface area contributed by atoms with Gasteiger partial charge < -0.3 is 14.9 Å². The molecule has 5 nitrogen and oxygen atoms in total. The molecule has 2 aliphatic rings. The van der Waals surface area contributed by atoms with E-state index in [2.05, 4.69) is 17.0 Å². The van der Waals surface area contributed by atoms with E-state index in [-0.39, 0.29) is 5.91 Å². The van der Waals surface area contributed by atoms with Crippen LogP contribution >= 0.6 is 0 Å². The van der Waals surface area contributed by atoms with E-state index in [0.29, 0.717) is 25.9 Å². The molecule has 0 aromatic heterocycles. The predicted octanol–water partition coefficient (Wildman–Crippen LogP) is 2.37. The summed E-state index contributed by atoms with van der Waals surface area (Å²) < 4.78 is 0. The standard InChI is InChI=1S/C18H24N2O3/c21-16(18(17(22)23)9-5-2-6-10-18)20-13-11-19(12-14-20)15-7-3-1-4-8-15/h1,3-4,7-8H,2,5-6,9-14H2,(H,22,23). The molecule has 1 amide bonds. The lowest BCUT2D eigenvalue weighted by Gasteiger charge is -2.41. The zero-order chi connectivity index (χ0) is 16.3. The number of hydrogen-bond donors (Lipinski definition) is 1. The molecule has 0 bridgehead atoms. The smallest absolute Gasteiger partial charge is 0.319 e. The van der Waals surface area contributed by atoms with Crippen LogP contribution in [-0.2, 0) is 9.59 Å². The number of para-hydroxylation sites is 1. The molecule has 1 aliphatic carbocycles. The number of carbonyl (C=O) groups is 2. The third kappa shape index (κ3) is 3.05. The molecule has 0 atom stereocenters. The molecule has 0 radical (unpaired) electrons. The molecule has 23 heavy (non-hydrogen) atoms. The van der Waals surface area contributed by atoms with Crippen LogP contribution in [0.5, 0.6) is 0 Å². The van der Waals surface area contributed by atoms with Gasteiger partial charge in [0, 0.05) is 31.9 Å². The number of hydrogen-bond acceptors (Lipinski definition) is 3. The molecule has 1 aromatic rings. The van der Waals surface area contributed by atoms with Gasteiger partial charge in [-0.25, -0.2) is 0 Å². The van der Waals surface area contributed by atoms with E-state index in [1.165, 1.54) is 0 Å². The first kappa shape index (κ1) is 15.8. The van der Waals surface area contributed by atoms with Gasteiger partial charge in [-0.1, -0.05) is 37.5 Å². The van der Waals surface area contributed by atoms with Crippen molar-refractivity contribution in [1.82, 2.24) is 4.90 Å². The molecule has 1 saturated heterocycles. The number of benzene rings is 1. The minimum atomic E-state index is -1.17. The first-order valence-corrected chi connectivity index (χ1v) is 8.46. The number of nitrogens with zero attached hydrogens (tertiary/aromatic N) is 2. The Bertz CT molecular complexity index is 559. The number of carboxylic acid groups (broad SMARTS) is 1. The number of piperazine rings is 1. The normalized spacial score (nSPS) is 21.0. The van der Waals surface area contributed by atoms with Crippen molar-refractivity contribution in [2.75, 3.05) is 31.1 Å². The van der Waals surface area contributed by atoms with Gasteiger partial charge >= 0.3 is 5.97 Å². The van der Waals surface area contributed by atoms with E-state index >= 15 is 0 Å². The quantitative estimate of drug-likeness (QED) is 0.870. The number of carboxylic acids is 1. The second-order valence-corrected chi connectivity index (χ2v) is 6.56. The van der Waals surface area contributed by atoms with Gasteiger partial charge in [-0.15, -0.1) is 0 Å². The first-order chi connectivity index (χ1) is 11.1. The Balaban J connectivity index is 1.67. The summed E-state index contributed by atoms with van der Waals surface area (Å²) in [6.45, 7) is 2.71. The SMILES string of the molecule is O=C(O)C1(C(=O)N2CCN(c3ccccc3)CC2)CCCCC1. The second kappa shape index (κ2) is 6.60. The fourth-order valence-corrected chi connectivity index (χ4v) is 3.78. The maximum atomic E-state index is 12.9. The molecule has 1 aliphatic heterocycles. The fraction of sp³-hybridized carbons (Fsp3) is 0.556. The minimum Gasteiger partial charge on any atom is -0.480 e. The molecule has 1 heterocycles. The molecule has 124 valence electrons. The molecular weight excluding hydrogens is 292 g/mol. The van der Waals surface area contributed by atoms with E-state index in [1.54, 1.807) is 4.90 Å². The van der Waals surface area contributed by atoms with Crippen molar-refractivity contribution < 1.29 is 14.7 Å². The molecule has 1 saturated carbocycles. The lowest BCUT2D eigenvalue weighted by Crippen LogP contribution is -2.56. The Morgan fingerprint density at radius 1 is 0.913 bits per heavy atom. The summed E-state index contributed by atoms with van der Waals surface area (Å²) in [5.41, 5.74) is -0.0158. The highest BCUT2D eigenvalue weighted by atomic mass is 16.4. The van der Waals surface area contributed by atoms with Crippen molar-refractivity contribution >= 4 is 17.6 Å². The lowest BCUT2D eigenvalue weighted by molar-refractivity contribution is -0.163. The van der Waals surface area contributed by atoms with E-state index in [9.17, 15) is 14.7 Å². The Morgan fingerprint density at radius 2 is 1.52 bits per heavy atom. The van der Waals surface area contributed by atoms with E-state index in [0.717, 1.165) is 38.0 Å². The summed E-state index contributed by atoms with van der Waals surface area (Å²) in [5, 5.41) is 9.66. The molecule has 0 unspecified atom stereocenters. The predicted molar refractivity (Wildman–Crippen MR) is 88.4 cm³/mol. The molecule has 1 aromatic carbocycles. The molecule has 3 rings (SSSR count). The number of rotatable bonds is 3. The number of aliphatic carboxylic acids is 1. The summed E-state index contributed by atoms with van der Waals surface area (Å²) in [7, 11) is 0. The lowest BCUT2D eigenvalue weighted by atomic mass is 9.73. The molecule has 2 fully saturated rings. The highest BCUT2D eigenvalue weighted by Crippen LogP contribution is 2.38. The summed E-state index contributed by atoms with van der Waals surface area (Å²) in [6.07, 6.45) is 3.67. The van der Waals surface area contributed by atoms with Crippen molar-refractivity contribution in [1.29, 1.82) is 0 Å². The van der Waals surface area contributed by atoms with Crippen molar-refractivity contribution in [3.8, 4) is 0 Å². The average molecular weight is 316 g/mol. The summed E-state index contributed by atoms with van der Waals surface area (Å²) >= 11 is 0. The van der Waals surface area contributed by atoms with Crippen LogP contribution < -0.4 is 4.90 Å².